The van der Waals surface area contributed by atoms with E-state index in [2.05, 4.69) is 55.8 Å². The Hall–Kier alpha value is -2.90. The number of nitrogens with zero attached hydrogens (tertiary/aromatic N) is 4. The summed E-state index contributed by atoms with van der Waals surface area (Å²) in [4.78, 5) is 14.9. The van der Waals surface area contributed by atoms with Crippen LogP contribution in [0.15, 0.2) is 60.3 Å². The van der Waals surface area contributed by atoms with E-state index >= 15 is 0 Å². The molecule has 0 saturated carbocycles. The Kier molecular flexibility index (Phi) is 4.46. The first-order chi connectivity index (χ1) is 13.8. The van der Waals surface area contributed by atoms with Crippen LogP contribution in [0, 0.1) is 0 Å². The van der Waals surface area contributed by atoms with Gasteiger partial charge < -0.3 is 10.6 Å². The van der Waals surface area contributed by atoms with Crippen molar-refractivity contribution < 1.29 is 0 Å². The van der Waals surface area contributed by atoms with Crippen molar-refractivity contribution in [3.8, 4) is 11.3 Å². The fourth-order valence-corrected chi connectivity index (χ4v) is 4.55. The first kappa shape index (κ1) is 17.2. The van der Waals surface area contributed by atoms with E-state index in [1.54, 1.807) is 11.9 Å². The van der Waals surface area contributed by atoms with E-state index in [9.17, 15) is 0 Å². The average Bonchev–Trinajstić information content (AvgIpc) is 2.74. The number of nitrogens with one attached hydrogen (secondary N) is 2. The molecule has 5 rings (SSSR count). The molecule has 2 aromatic heterocycles. The lowest BCUT2D eigenvalue weighted by atomic mass is 10.0. The topological polar surface area (TPSA) is 66.0 Å². The van der Waals surface area contributed by atoms with E-state index in [4.69, 9.17) is 4.98 Å². The van der Waals surface area contributed by atoms with Gasteiger partial charge in [0.2, 0.25) is 5.95 Å². The predicted octanol–water partition coefficient (Wildman–Crippen LogP) is 3.94. The van der Waals surface area contributed by atoms with E-state index in [0.717, 1.165) is 47.2 Å². The number of pyridine rings is 1. The highest BCUT2D eigenvalue weighted by molar-refractivity contribution is 8.00. The number of hydrogen-bond acceptors (Lipinski definition) is 7. The summed E-state index contributed by atoms with van der Waals surface area (Å²) >= 11 is 1.60. The lowest BCUT2D eigenvalue weighted by Crippen LogP contribution is -2.23. The molecular formula is C21H20N6S. The third-order valence-corrected chi connectivity index (χ3v) is 5.92. The zero-order chi connectivity index (χ0) is 18.9. The van der Waals surface area contributed by atoms with Crippen molar-refractivity contribution >= 4 is 29.4 Å². The fraction of sp³-hybridized carbons (Fsp3) is 0.190. The molecule has 0 saturated heterocycles. The largest absolute Gasteiger partial charge is 0.324 e. The fourth-order valence-electron chi connectivity index (χ4n) is 3.56. The first-order valence-electron chi connectivity index (χ1n) is 9.30. The third kappa shape index (κ3) is 3.12. The molecule has 6 nitrogen and oxygen atoms in total. The van der Waals surface area contributed by atoms with Crippen LogP contribution in [0.3, 0.4) is 0 Å². The predicted molar refractivity (Wildman–Crippen MR) is 114 cm³/mol. The van der Waals surface area contributed by atoms with Crippen molar-refractivity contribution in [3.63, 3.8) is 0 Å². The molecule has 2 aliphatic rings. The van der Waals surface area contributed by atoms with Gasteiger partial charge in [0.15, 0.2) is 0 Å². The number of aromatic nitrogens is 3. The first-order valence-corrected chi connectivity index (χ1v) is 10.1. The van der Waals surface area contributed by atoms with Gasteiger partial charge in [0.1, 0.15) is 5.82 Å². The quantitative estimate of drug-likeness (QED) is 0.518. The highest BCUT2D eigenvalue weighted by Gasteiger charge is 2.25. The van der Waals surface area contributed by atoms with Gasteiger partial charge in [0.25, 0.3) is 0 Å². The van der Waals surface area contributed by atoms with Crippen LogP contribution in [0.1, 0.15) is 11.1 Å². The molecule has 2 aliphatic heterocycles. The molecule has 0 atom stereocenters. The highest BCUT2D eigenvalue weighted by atomic mass is 32.2. The van der Waals surface area contributed by atoms with Crippen molar-refractivity contribution in [1.29, 1.82) is 0 Å². The van der Waals surface area contributed by atoms with Crippen molar-refractivity contribution in [1.82, 2.24) is 20.3 Å². The second kappa shape index (κ2) is 7.26. The molecule has 28 heavy (non-hydrogen) atoms. The van der Waals surface area contributed by atoms with Crippen molar-refractivity contribution in [2.45, 2.75) is 17.9 Å². The minimum absolute atomic E-state index is 0.597. The maximum absolute atomic E-state index is 4.81. The van der Waals surface area contributed by atoms with Crippen LogP contribution in [-0.4, -0.2) is 28.0 Å². The lowest BCUT2D eigenvalue weighted by molar-refractivity contribution is 0.644. The number of rotatable bonds is 4. The summed E-state index contributed by atoms with van der Waals surface area (Å²) in [6.45, 7) is 6.51. The van der Waals surface area contributed by atoms with Crippen molar-refractivity contribution in [2.24, 2.45) is 0 Å². The van der Waals surface area contributed by atoms with E-state index in [1.165, 1.54) is 11.1 Å². The minimum Gasteiger partial charge on any atom is -0.324 e. The summed E-state index contributed by atoms with van der Waals surface area (Å²) in [5.41, 5.74) is 5.69. The average molecular weight is 389 g/mol. The zero-order valence-corrected chi connectivity index (χ0v) is 16.2. The van der Waals surface area contributed by atoms with Gasteiger partial charge in [-0.05, 0) is 60.3 Å². The van der Waals surface area contributed by atoms with Gasteiger partial charge >= 0.3 is 0 Å². The van der Waals surface area contributed by atoms with Crippen LogP contribution in [0.25, 0.3) is 11.3 Å². The number of hydrogen-bond donors (Lipinski definition) is 2. The van der Waals surface area contributed by atoms with Gasteiger partial charge in [-0.15, -0.1) is 6.58 Å². The maximum atomic E-state index is 4.81. The molecule has 7 heteroatoms. The molecule has 0 aliphatic carbocycles. The summed E-state index contributed by atoms with van der Waals surface area (Å²) < 4.78 is 2.11. The molecule has 4 heterocycles. The van der Waals surface area contributed by atoms with Gasteiger partial charge in [-0.25, -0.2) is 15.0 Å². The van der Waals surface area contributed by atoms with Gasteiger partial charge in [-0.2, -0.15) is 0 Å². The van der Waals surface area contributed by atoms with Crippen LogP contribution in [-0.2, 0) is 13.0 Å². The maximum Gasteiger partial charge on any atom is 0.227 e. The Balaban J connectivity index is 1.48. The number of anilines is 3. The van der Waals surface area contributed by atoms with Gasteiger partial charge in [0.05, 0.1) is 10.6 Å². The molecule has 0 fully saturated rings. The summed E-state index contributed by atoms with van der Waals surface area (Å²) in [7, 11) is 0. The SMILES string of the molecule is C=CCN1Sc2cnc(Nc3ccc4c(c3)CCNC4)nc2-c2cccnc21. The molecule has 140 valence electrons. The Morgan fingerprint density at radius 1 is 1.25 bits per heavy atom. The minimum atomic E-state index is 0.597. The van der Waals surface area contributed by atoms with E-state index in [-0.39, 0.29) is 0 Å². The van der Waals surface area contributed by atoms with Crippen molar-refractivity contribution in [2.75, 3.05) is 22.7 Å². The van der Waals surface area contributed by atoms with Crippen LogP contribution < -0.4 is 14.9 Å². The van der Waals surface area contributed by atoms with E-state index in [1.807, 2.05) is 24.5 Å². The summed E-state index contributed by atoms with van der Waals surface area (Å²) in [5, 5.41) is 6.77. The third-order valence-electron chi connectivity index (χ3n) is 4.89. The molecule has 3 aromatic rings. The van der Waals surface area contributed by atoms with E-state index in [0.29, 0.717) is 12.5 Å². The Morgan fingerprint density at radius 2 is 2.21 bits per heavy atom. The zero-order valence-electron chi connectivity index (χ0n) is 15.4. The Morgan fingerprint density at radius 3 is 3.14 bits per heavy atom. The number of fused-ring (bicyclic) bond motifs is 4. The lowest BCUT2D eigenvalue weighted by Gasteiger charge is -2.28. The van der Waals surface area contributed by atoms with Crippen molar-refractivity contribution in [3.05, 3.63) is 66.5 Å². The second-order valence-electron chi connectivity index (χ2n) is 6.76. The molecule has 0 spiro atoms. The molecule has 0 amide bonds. The highest BCUT2D eigenvalue weighted by Crippen LogP contribution is 2.44. The monoisotopic (exact) mass is 388 g/mol. The van der Waals surface area contributed by atoms with Gasteiger partial charge in [-0.3, -0.25) is 4.31 Å². The molecule has 2 N–H and O–H groups in total. The normalized spacial score (nSPS) is 14.6. The molecule has 1 aromatic carbocycles. The standard InChI is InChI=1S/C21H20N6S/c1-2-10-27-20-17(4-3-8-23-20)19-18(28-27)13-24-21(26-19)25-16-6-5-15-12-22-9-7-14(15)11-16/h2-6,8,11,13,22H,1,7,9-10,12H2,(H,24,25,26). The van der Waals surface area contributed by atoms with Crippen LogP contribution in [0.2, 0.25) is 0 Å². The summed E-state index contributed by atoms with van der Waals surface area (Å²) in [6.07, 6.45) is 6.61. The van der Waals surface area contributed by atoms with Crippen LogP contribution in [0.4, 0.5) is 17.5 Å². The van der Waals surface area contributed by atoms with Gasteiger partial charge in [0, 0.05) is 36.7 Å². The van der Waals surface area contributed by atoms with Crippen LogP contribution >= 0.6 is 11.9 Å². The summed E-state index contributed by atoms with van der Waals surface area (Å²) in [6, 6.07) is 10.5. The summed E-state index contributed by atoms with van der Waals surface area (Å²) in [5.74, 6) is 1.51. The smallest absolute Gasteiger partial charge is 0.227 e. The van der Waals surface area contributed by atoms with Crippen LogP contribution in [0.5, 0.6) is 0 Å². The molecule has 0 bridgehead atoms. The molecule has 0 radical (unpaired) electrons. The molecular weight excluding hydrogens is 368 g/mol. The Bertz CT molecular complexity index is 1050. The molecule has 0 unspecified atom stereocenters. The second-order valence-corrected chi connectivity index (χ2v) is 7.82. The Labute approximate surface area is 168 Å². The number of benzene rings is 1. The van der Waals surface area contributed by atoms with E-state index < -0.39 is 0 Å². The van der Waals surface area contributed by atoms with Gasteiger partial charge in [-0.1, -0.05) is 12.1 Å².